The van der Waals surface area contributed by atoms with E-state index in [1.165, 1.54) is 5.39 Å². The van der Waals surface area contributed by atoms with Gasteiger partial charge in [0, 0.05) is 37.8 Å². The molecule has 13 heteroatoms. The summed E-state index contributed by atoms with van der Waals surface area (Å²) in [7, 11) is 3.88. The molecule has 0 atom stereocenters. The van der Waals surface area contributed by atoms with Gasteiger partial charge >= 0.3 is 5.97 Å². The van der Waals surface area contributed by atoms with Crippen LogP contribution in [0.3, 0.4) is 0 Å². The molecule has 0 spiro atoms. The maximum Gasteiger partial charge on any atom is 0.305 e. The number of hydrogen-bond donors (Lipinski definition) is 3. The van der Waals surface area contributed by atoms with E-state index in [0.29, 0.717) is 92.2 Å². The van der Waals surface area contributed by atoms with Crippen molar-refractivity contribution < 1.29 is 43.1 Å². The summed E-state index contributed by atoms with van der Waals surface area (Å²) in [6, 6.07) is 10.4. The Labute approximate surface area is 248 Å². The molecular formula is C29H48N4O9. The van der Waals surface area contributed by atoms with Crippen molar-refractivity contribution in [3.8, 4) is 0 Å². The summed E-state index contributed by atoms with van der Waals surface area (Å²) in [4.78, 5) is 22.7. The van der Waals surface area contributed by atoms with Crippen LogP contribution in [0.2, 0.25) is 0 Å². The molecule has 0 fully saturated rings. The van der Waals surface area contributed by atoms with E-state index in [0.717, 1.165) is 17.8 Å². The molecule has 0 bridgehead atoms. The summed E-state index contributed by atoms with van der Waals surface area (Å²) < 4.78 is 34.5. The number of hydrogen-bond acceptors (Lipinski definition) is 10. The Hall–Kier alpha value is -2.62. The molecule has 1 amide bonds. The lowest BCUT2D eigenvalue weighted by atomic mass is 10.2. The zero-order valence-corrected chi connectivity index (χ0v) is 25.0. The summed E-state index contributed by atoms with van der Waals surface area (Å²) in [6.07, 6.45) is 0.388. The Balaban J connectivity index is 1.38. The smallest absolute Gasteiger partial charge is 0.305 e. The van der Waals surface area contributed by atoms with Crippen LogP contribution in [-0.2, 0) is 51.1 Å². The molecule has 42 heavy (non-hydrogen) atoms. The van der Waals surface area contributed by atoms with Crippen LogP contribution in [-0.4, -0.2) is 126 Å². The zero-order valence-electron chi connectivity index (χ0n) is 25.0. The Morgan fingerprint density at radius 2 is 1.31 bits per heavy atom. The average molecular weight is 597 g/mol. The highest BCUT2D eigenvalue weighted by molar-refractivity contribution is 5.82. The van der Waals surface area contributed by atoms with Crippen molar-refractivity contribution >= 4 is 22.8 Å². The summed E-state index contributed by atoms with van der Waals surface area (Å²) in [5, 5.41) is 14.6. The molecule has 0 radical (unpaired) electrons. The van der Waals surface area contributed by atoms with Gasteiger partial charge in [0.2, 0.25) is 5.91 Å². The first-order chi connectivity index (χ1) is 20.5. The highest BCUT2D eigenvalue weighted by Crippen LogP contribution is 2.21. The SMILES string of the molecule is CNN(C)Cc1cc2ccccc2n1CCC(=O)NCCOCCOCCOCCOCCOCCOCCC(=O)O. The molecule has 0 aliphatic heterocycles. The molecule has 1 aromatic heterocycles. The second kappa shape index (κ2) is 22.9. The number of nitrogens with one attached hydrogen (secondary N) is 2. The van der Waals surface area contributed by atoms with Crippen molar-refractivity contribution in [1.82, 2.24) is 20.3 Å². The largest absolute Gasteiger partial charge is 0.481 e. The second-order valence-electron chi connectivity index (χ2n) is 9.34. The van der Waals surface area contributed by atoms with Gasteiger partial charge in [-0.15, -0.1) is 0 Å². The zero-order chi connectivity index (χ0) is 30.3. The van der Waals surface area contributed by atoms with E-state index >= 15 is 0 Å². The fourth-order valence-corrected chi connectivity index (χ4v) is 3.91. The first-order valence-electron chi connectivity index (χ1n) is 14.4. The highest BCUT2D eigenvalue weighted by atomic mass is 16.6. The summed E-state index contributed by atoms with van der Waals surface area (Å²) in [6.45, 7) is 6.82. The molecule has 13 nitrogen and oxygen atoms in total. The number of nitrogens with zero attached hydrogens (tertiary/aromatic N) is 2. The van der Waals surface area contributed by atoms with Gasteiger partial charge in [0.15, 0.2) is 0 Å². The molecule has 0 aliphatic rings. The summed E-state index contributed by atoms with van der Waals surface area (Å²) >= 11 is 0. The highest BCUT2D eigenvalue weighted by Gasteiger charge is 2.11. The van der Waals surface area contributed by atoms with Crippen molar-refractivity contribution in [1.29, 1.82) is 0 Å². The maximum atomic E-state index is 12.4. The number of carboxylic acids is 1. The van der Waals surface area contributed by atoms with Crippen LogP contribution >= 0.6 is 0 Å². The van der Waals surface area contributed by atoms with Gasteiger partial charge < -0.3 is 43.4 Å². The van der Waals surface area contributed by atoms with E-state index in [4.69, 9.17) is 33.5 Å². The quantitative estimate of drug-likeness (QED) is 0.101. The van der Waals surface area contributed by atoms with Crippen molar-refractivity contribution in [3.05, 3.63) is 36.0 Å². The van der Waals surface area contributed by atoms with Crippen molar-refractivity contribution in [2.75, 3.05) is 99.9 Å². The monoisotopic (exact) mass is 596 g/mol. The minimum absolute atomic E-state index is 0.00495. The van der Waals surface area contributed by atoms with E-state index in [2.05, 4.69) is 33.5 Å². The molecule has 0 unspecified atom stereocenters. The van der Waals surface area contributed by atoms with E-state index in [-0.39, 0.29) is 18.9 Å². The number of carbonyl (C=O) groups excluding carboxylic acids is 1. The number of fused-ring (bicyclic) bond motifs is 1. The number of ether oxygens (including phenoxy) is 6. The minimum Gasteiger partial charge on any atom is -0.481 e. The van der Waals surface area contributed by atoms with Crippen LogP contribution < -0.4 is 10.7 Å². The van der Waals surface area contributed by atoms with Crippen LogP contribution in [0.25, 0.3) is 10.9 Å². The lowest BCUT2D eigenvalue weighted by Gasteiger charge is -2.17. The molecule has 0 aliphatic carbocycles. The molecular weight excluding hydrogens is 548 g/mol. The first-order valence-corrected chi connectivity index (χ1v) is 14.4. The van der Waals surface area contributed by atoms with Crippen molar-refractivity contribution in [3.63, 3.8) is 0 Å². The standard InChI is InChI=1S/C29H48N4O9/c1-30-32(2)24-26-23-25-5-3-4-6-27(25)33(26)10-7-28(34)31-9-12-38-14-16-40-18-20-42-22-21-41-19-17-39-15-13-37-11-8-29(35)36/h3-6,23,30H,7-22,24H2,1-2H3,(H,31,34)(H,35,36). The Kier molecular flexibility index (Phi) is 19.4. The van der Waals surface area contributed by atoms with E-state index in [1.54, 1.807) is 0 Å². The number of para-hydroxylation sites is 1. The number of carbonyl (C=O) groups is 2. The predicted octanol–water partition coefficient (Wildman–Crippen LogP) is 1.29. The second-order valence-corrected chi connectivity index (χ2v) is 9.34. The van der Waals surface area contributed by atoms with E-state index in [9.17, 15) is 9.59 Å². The molecule has 2 aromatic rings. The number of aryl methyl sites for hydroxylation is 1. The molecule has 1 aromatic carbocycles. The first kappa shape index (κ1) is 35.6. The number of hydrazine groups is 1. The predicted molar refractivity (Wildman–Crippen MR) is 157 cm³/mol. The van der Waals surface area contributed by atoms with Crippen molar-refractivity contribution in [2.45, 2.75) is 25.9 Å². The number of benzene rings is 1. The van der Waals surface area contributed by atoms with Gasteiger partial charge in [0.1, 0.15) is 0 Å². The molecule has 0 saturated heterocycles. The molecule has 1 heterocycles. The Morgan fingerprint density at radius 1 is 0.786 bits per heavy atom. The Morgan fingerprint density at radius 3 is 1.86 bits per heavy atom. The van der Waals surface area contributed by atoms with Gasteiger partial charge in [0.25, 0.3) is 0 Å². The third-order valence-corrected chi connectivity index (χ3v) is 6.13. The lowest BCUT2D eigenvalue weighted by molar-refractivity contribution is -0.138. The number of aromatic nitrogens is 1. The van der Waals surface area contributed by atoms with Crippen LogP contribution in [0.5, 0.6) is 0 Å². The summed E-state index contributed by atoms with van der Waals surface area (Å²) in [5.74, 6) is -0.882. The molecule has 0 saturated carbocycles. The van der Waals surface area contributed by atoms with Crippen molar-refractivity contribution in [2.24, 2.45) is 0 Å². The minimum atomic E-state index is -0.876. The number of amides is 1. The van der Waals surface area contributed by atoms with Crippen LogP contribution in [0.4, 0.5) is 0 Å². The van der Waals surface area contributed by atoms with Gasteiger partial charge in [-0.1, -0.05) is 18.2 Å². The number of carboxylic acid groups (broad SMARTS) is 1. The van der Waals surface area contributed by atoms with E-state index in [1.807, 2.05) is 31.2 Å². The topological polar surface area (TPSA) is 142 Å². The van der Waals surface area contributed by atoms with E-state index < -0.39 is 5.97 Å². The molecule has 3 N–H and O–H groups in total. The van der Waals surface area contributed by atoms with Gasteiger partial charge in [-0.2, -0.15) is 0 Å². The van der Waals surface area contributed by atoms with Gasteiger partial charge in [-0.25, -0.2) is 5.01 Å². The lowest BCUT2D eigenvalue weighted by Crippen LogP contribution is -2.31. The molecule has 238 valence electrons. The number of rotatable bonds is 27. The van der Waals surface area contributed by atoms with Gasteiger partial charge in [-0.3, -0.25) is 15.0 Å². The third-order valence-electron chi connectivity index (χ3n) is 6.13. The van der Waals surface area contributed by atoms with Crippen LogP contribution in [0, 0.1) is 0 Å². The van der Waals surface area contributed by atoms with Crippen LogP contribution in [0.1, 0.15) is 18.5 Å². The van der Waals surface area contributed by atoms with Crippen LogP contribution in [0.15, 0.2) is 30.3 Å². The molecule has 2 rings (SSSR count). The normalized spacial score (nSPS) is 11.5. The average Bonchev–Trinajstić information content (AvgIpc) is 3.33. The van der Waals surface area contributed by atoms with Gasteiger partial charge in [-0.05, 0) is 24.6 Å². The summed E-state index contributed by atoms with van der Waals surface area (Å²) in [5.41, 5.74) is 5.40. The Bertz CT molecular complexity index is 1000. The maximum absolute atomic E-state index is 12.4. The fourth-order valence-electron chi connectivity index (χ4n) is 3.91. The van der Waals surface area contributed by atoms with Gasteiger partial charge in [0.05, 0.1) is 92.2 Å². The fraction of sp³-hybridized carbons (Fsp3) is 0.655. The third kappa shape index (κ3) is 16.1. The number of aliphatic carboxylic acids is 1.